The fourth-order valence-corrected chi connectivity index (χ4v) is 1.80. The Balaban J connectivity index is 2.06. The lowest BCUT2D eigenvalue weighted by molar-refractivity contribution is -0.141. The van der Waals surface area contributed by atoms with Crippen molar-refractivity contribution in [3.63, 3.8) is 0 Å². The van der Waals surface area contributed by atoms with Gasteiger partial charge in [0.2, 0.25) is 0 Å². The zero-order valence-electron chi connectivity index (χ0n) is 11.3. The lowest BCUT2D eigenvalue weighted by atomic mass is 10.1. The minimum absolute atomic E-state index is 0.242. The molecule has 1 heterocycles. The maximum Gasteiger partial charge on any atom is 0.306 e. The number of carboxylic acid groups (broad SMARTS) is 1. The molecule has 6 nitrogen and oxygen atoms in total. The highest BCUT2D eigenvalue weighted by Gasteiger charge is 2.14. The van der Waals surface area contributed by atoms with Crippen molar-refractivity contribution < 1.29 is 18.7 Å². The van der Waals surface area contributed by atoms with E-state index in [1.807, 2.05) is 0 Å². The van der Waals surface area contributed by atoms with E-state index in [-0.39, 0.29) is 6.42 Å². The summed E-state index contributed by atoms with van der Waals surface area (Å²) in [5, 5.41) is 20.0. The van der Waals surface area contributed by atoms with Crippen LogP contribution < -0.4 is 0 Å². The van der Waals surface area contributed by atoms with Crippen LogP contribution in [0.2, 0.25) is 0 Å². The van der Waals surface area contributed by atoms with Crippen molar-refractivity contribution in [2.24, 2.45) is 5.92 Å². The van der Waals surface area contributed by atoms with E-state index in [4.69, 9.17) is 5.11 Å². The number of aromatic nitrogens is 4. The number of benzene rings is 1. The quantitative estimate of drug-likeness (QED) is 0.876. The average molecular weight is 296 g/mol. The first-order chi connectivity index (χ1) is 9.97. The maximum atomic E-state index is 13.2. The van der Waals surface area contributed by atoms with Gasteiger partial charge in [-0.1, -0.05) is 13.0 Å². The van der Waals surface area contributed by atoms with Crippen LogP contribution in [0, 0.1) is 17.6 Å². The topological polar surface area (TPSA) is 80.9 Å². The highest BCUT2D eigenvalue weighted by molar-refractivity contribution is 5.69. The number of halogens is 2. The third-order valence-corrected chi connectivity index (χ3v) is 3.15. The monoisotopic (exact) mass is 296 g/mol. The molecule has 0 saturated carbocycles. The van der Waals surface area contributed by atoms with E-state index < -0.39 is 23.5 Å². The Bertz CT molecular complexity index is 645. The number of hydrogen-bond acceptors (Lipinski definition) is 4. The van der Waals surface area contributed by atoms with Gasteiger partial charge in [0, 0.05) is 13.0 Å². The average Bonchev–Trinajstić information content (AvgIpc) is 2.87. The number of aliphatic carboxylic acids is 1. The van der Waals surface area contributed by atoms with E-state index in [1.54, 1.807) is 6.92 Å². The van der Waals surface area contributed by atoms with Gasteiger partial charge in [0.25, 0.3) is 0 Å². The van der Waals surface area contributed by atoms with E-state index in [0.717, 1.165) is 12.1 Å². The van der Waals surface area contributed by atoms with Crippen molar-refractivity contribution in [2.45, 2.75) is 26.3 Å². The van der Waals surface area contributed by atoms with Gasteiger partial charge >= 0.3 is 5.97 Å². The lowest BCUT2D eigenvalue weighted by Gasteiger charge is -2.07. The van der Waals surface area contributed by atoms with Crippen molar-refractivity contribution in [3.8, 4) is 0 Å². The van der Waals surface area contributed by atoms with E-state index in [2.05, 4.69) is 15.5 Å². The Morgan fingerprint density at radius 1 is 1.38 bits per heavy atom. The SMILES string of the molecule is CC(CCn1nnnc1Cc1ccc(F)c(F)c1)C(=O)O. The molecule has 1 N–H and O–H groups in total. The second-order valence-electron chi connectivity index (χ2n) is 4.77. The number of nitrogens with zero attached hydrogens (tertiary/aromatic N) is 4. The Hall–Kier alpha value is -2.38. The molecule has 0 aliphatic heterocycles. The molecule has 1 atom stereocenters. The third kappa shape index (κ3) is 3.80. The van der Waals surface area contributed by atoms with Crippen LogP contribution in [0.5, 0.6) is 0 Å². The lowest BCUT2D eigenvalue weighted by Crippen LogP contribution is -2.15. The molecule has 8 heteroatoms. The minimum atomic E-state index is -0.925. The van der Waals surface area contributed by atoms with Crippen molar-refractivity contribution in [2.75, 3.05) is 0 Å². The van der Waals surface area contributed by atoms with Gasteiger partial charge in [-0.05, 0) is 34.5 Å². The smallest absolute Gasteiger partial charge is 0.306 e. The maximum absolute atomic E-state index is 13.2. The van der Waals surface area contributed by atoms with E-state index in [1.165, 1.54) is 10.7 Å². The molecule has 1 aromatic carbocycles. The normalized spacial score (nSPS) is 12.3. The zero-order chi connectivity index (χ0) is 15.4. The second-order valence-corrected chi connectivity index (χ2v) is 4.77. The molecule has 0 saturated heterocycles. The molecule has 0 radical (unpaired) electrons. The van der Waals surface area contributed by atoms with Crippen molar-refractivity contribution >= 4 is 5.97 Å². The number of aryl methyl sites for hydroxylation is 1. The Morgan fingerprint density at radius 3 is 2.81 bits per heavy atom. The Morgan fingerprint density at radius 2 is 2.14 bits per heavy atom. The Labute approximate surface area is 119 Å². The zero-order valence-corrected chi connectivity index (χ0v) is 11.3. The van der Waals surface area contributed by atoms with E-state index >= 15 is 0 Å². The van der Waals surface area contributed by atoms with Crippen LogP contribution in [0.4, 0.5) is 8.78 Å². The predicted molar refractivity (Wildman–Crippen MR) is 68.4 cm³/mol. The summed E-state index contributed by atoms with van der Waals surface area (Å²) >= 11 is 0. The van der Waals surface area contributed by atoms with Crippen LogP contribution in [0.15, 0.2) is 18.2 Å². The van der Waals surface area contributed by atoms with Gasteiger partial charge in [-0.15, -0.1) is 5.10 Å². The van der Waals surface area contributed by atoms with Crippen LogP contribution in [0.25, 0.3) is 0 Å². The molecule has 2 aromatic rings. The summed E-state index contributed by atoms with van der Waals surface area (Å²) in [4.78, 5) is 10.8. The molecule has 0 fully saturated rings. The van der Waals surface area contributed by atoms with Crippen LogP contribution >= 0.6 is 0 Å². The van der Waals surface area contributed by atoms with Gasteiger partial charge in [-0.2, -0.15) is 0 Å². The first kappa shape index (κ1) is 15.0. The molecule has 0 spiro atoms. The molecular formula is C13H14F2N4O2. The summed E-state index contributed by atoms with van der Waals surface area (Å²) in [5.74, 6) is -2.76. The summed E-state index contributed by atoms with van der Waals surface area (Å²) < 4.78 is 27.5. The molecule has 0 amide bonds. The van der Waals surface area contributed by atoms with Gasteiger partial charge in [0.05, 0.1) is 5.92 Å². The highest BCUT2D eigenvalue weighted by Crippen LogP contribution is 2.12. The van der Waals surface area contributed by atoms with Gasteiger partial charge in [0.1, 0.15) is 0 Å². The van der Waals surface area contributed by atoms with Gasteiger partial charge in [-0.3, -0.25) is 4.79 Å². The highest BCUT2D eigenvalue weighted by atomic mass is 19.2. The summed E-state index contributed by atoms with van der Waals surface area (Å²) in [6.07, 6.45) is 0.622. The third-order valence-electron chi connectivity index (χ3n) is 3.15. The van der Waals surface area contributed by atoms with Crippen LogP contribution in [0.3, 0.4) is 0 Å². The fraction of sp³-hybridized carbons (Fsp3) is 0.385. The number of hydrogen-bond donors (Lipinski definition) is 1. The first-order valence-corrected chi connectivity index (χ1v) is 6.39. The number of rotatable bonds is 6. The molecule has 0 bridgehead atoms. The summed E-state index contributed by atoms with van der Waals surface area (Å²) in [7, 11) is 0. The van der Waals surface area contributed by atoms with Crippen molar-refractivity contribution in [1.82, 2.24) is 20.2 Å². The summed E-state index contributed by atoms with van der Waals surface area (Å²) in [5.41, 5.74) is 0.538. The molecule has 1 aromatic heterocycles. The molecule has 0 aliphatic carbocycles. The standard InChI is InChI=1S/C13H14F2N4O2/c1-8(13(20)21)4-5-19-12(16-17-18-19)7-9-2-3-10(14)11(15)6-9/h2-3,6,8H,4-5,7H2,1H3,(H,20,21). The van der Waals surface area contributed by atoms with Crippen LogP contribution in [-0.2, 0) is 17.8 Å². The fourth-order valence-electron chi connectivity index (χ4n) is 1.80. The van der Waals surface area contributed by atoms with Crippen molar-refractivity contribution in [1.29, 1.82) is 0 Å². The molecule has 1 unspecified atom stereocenters. The second kappa shape index (κ2) is 6.38. The van der Waals surface area contributed by atoms with Gasteiger partial charge in [0.15, 0.2) is 17.5 Å². The number of tetrazole rings is 1. The first-order valence-electron chi connectivity index (χ1n) is 6.39. The largest absolute Gasteiger partial charge is 0.481 e. The van der Waals surface area contributed by atoms with Crippen LogP contribution in [-0.4, -0.2) is 31.3 Å². The molecule has 2 rings (SSSR count). The van der Waals surface area contributed by atoms with E-state index in [9.17, 15) is 13.6 Å². The van der Waals surface area contributed by atoms with Gasteiger partial charge in [-0.25, -0.2) is 13.5 Å². The van der Waals surface area contributed by atoms with Gasteiger partial charge < -0.3 is 5.11 Å². The molecular weight excluding hydrogens is 282 g/mol. The number of carboxylic acids is 1. The minimum Gasteiger partial charge on any atom is -0.481 e. The van der Waals surface area contributed by atoms with Crippen LogP contribution in [0.1, 0.15) is 24.7 Å². The van der Waals surface area contributed by atoms with Crippen molar-refractivity contribution in [3.05, 3.63) is 41.2 Å². The summed E-state index contributed by atoms with van der Waals surface area (Å²) in [6, 6.07) is 3.59. The summed E-state index contributed by atoms with van der Waals surface area (Å²) in [6.45, 7) is 1.95. The number of carbonyl (C=O) groups is 1. The Kier molecular flexibility index (Phi) is 4.56. The molecule has 0 aliphatic rings. The van der Waals surface area contributed by atoms with E-state index in [0.29, 0.717) is 24.4 Å². The predicted octanol–water partition coefficient (Wildman–Crippen LogP) is 1.65. The molecule has 21 heavy (non-hydrogen) atoms. The molecule has 112 valence electrons.